The normalized spacial score (nSPS) is 17.3. The summed E-state index contributed by atoms with van der Waals surface area (Å²) in [6.45, 7) is 5.87. The molecule has 2 aromatic heterocycles. The highest BCUT2D eigenvalue weighted by atomic mass is 19.1. The third-order valence-corrected chi connectivity index (χ3v) is 6.31. The average Bonchev–Trinajstić information content (AvgIpc) is 3.29. The summed E-state index contributed by atoms with van der Waals surface area (Å²) in [7, 11) is 0. The third-order valence-electron chi connectivity index (χ3n) is 6.31. The van der Waals surface area contributed by atoms with Crippen LogP contribution in [0.4, 0.5) is 10.1 Å². The number of halogens is 1. The van der Waals surface area contributed by atoms with Gasteiger partial charge in [-0.3, -0.25) is 10.1 Å². The molecule has 0 spiro atoms. The van der Waals surface area contributed by atoms with E-state index in [1.165, 1.54) is 12.1 Å². The molecule has 4 aromatic rings. The smallest absolute Gasteiger partial charge is 0.268 e. The van der Waals surface area contributed by atoms with Crippen molar-refractivity contribution in [2.75, 3.05) is 11.9 Å². The highest BCUT2D eigenvalue weighted by Gasteiger charge is 2.41. The summed E-state index contributed by atoms with van der Waals surface area (Å²) < 4.78 is 31.5. The zero-order valence-electron chi connectivity index (χ0n) is 21.7. The van der Waals surface area contributed by atoms with Crippen LogP contribution in [0.15, 0.2) is 51.5 Å². The number of hydrogen-bond donors (Lipinski definition) is 3. The number of aliphatic hydroxyl groups is 1. The highest BCUT2D eigenvalue weighted by molar-refractivity contribution is 5.97. The number of carbonyl (C=O) groups excluding carboxylic acids is 1. The molecule has 39 heavy (non-hydrogen) atoms. The van der Waals surface area contributed by atoms with E-state index in [-0.39, 0.29) is 41.9 Å². The third kappa shape index (κ3) is 5.96. The van der Waals surface area contributed by atoms with Gasteiger partial charge >= 0.3 is 0 Å². The molecule has 12 heteroatoms. The molecule has 2 aromatic carbocycles. The van der Waals surface area contributed by atoms with E-state index >= 15 is 0 Å². The molecule has 5 rings (SSSR count). The molecule has 1 fully saturated rings. The Morgan fingerprint density at radius 3 is 2.38 bits per heavy atom. The number of aliphatic hydroxyl groups excluding tert-OH is 1. The van der Waals surface area contributed by atoms with E-state index in [0.29, 0.717) is 35.9 Å². The lowest BCUT2D eigenvalue weighted by atomic mass is 10.1. The van der Waals surface area contributed by atoms with Crippen LogP contribution in [0.1, 0.15) is 57.4 Å². The van der Waals surface area contributed by atoms with Crippen LogP contribution in [-0.2, 0) is 4.79 Å². The van der Waals surface area contributed by atoms with E-state index in [4.69, 9.17) is 18.9 Å². The SMILES string of the molecule is CCC(Oc1ccc(-c2noc(C(C)C)n2)cc1)c1nc(-c2ccc(NC(=O)C3NC3CCO)c(F)c2)no1. The fourth-order valence-electron chi connectivity index (χ4n) is 4.01. The predicted octanol–water partition coefficient (Wildman–Crippen LogP) is 4.24. The Hall–Kier alpha value is -4.16. The van der Waals surface area contributed by atoms with Crippen molar-refractivity contribution in [1.82, 2.24) is 25.6 Å². The summed E-state index contributed by atoms with van der Waals surface area (Å²) in [6, 6.07) is 11.0. The van der Waals surface area contributed by atoms with Gasteiger partial charge in [-0.25, -0.2) is 4.39 Å². The van der Waals surface area contributed by atoms with Crippen LogP contribution in [0.25, 0.3) is 22.8 Å². The van der Waals surface area contributed by atoms with Gasteiger partial charge in [0.05, 0.1) is 5.69 Å². The molecule has 1 amide bonds. The number of nitrogens with zero attached hydrogens (tertiary/aromatic N) is 4. The second-order valence-corrected chi connectivity index (χ2v) is 9.55. The lowest BCUT2D eigenvalue weighted by Crippen LogP contribution is -2.21. The van der Waals surface area contributed by atoms with Gasteiger partial charge in [0.15, 0.2) is 6.10 Å². The van der Waals surface area contributed by atoms with Gasteiger partial charge in [0.25, 0.3) is 5.89 Å². The Labute approximate surface area is 223 Å². The Morgan fingerprint density at radius 1 is 1.08 bits per heavy atom. The van der Waals surface area contributed by atoms with E-state index in [0.717, 1.165) is 5.56 Å². The summed E-state index contributed by atoms with van der Waals surface area (Å²) in [4.78, 5) is 21.1. The van der Waals surface area contributed by atoms with Gasteiger partial charge in [-0.05, 0) is 55.3 Å². The first-order chi connectivity index (χ1) is 18.9. The molecule has 0 saturated carbocycles. The van der Waals surface area contributed by atoms with Crippen molar-refractivity contribution in [3.63, 3.8) is 0 Å². The molecule has 11 nitrogen and oxygen atoms in total. The van der Waals surface area contributed by atoms with Gasteiger partial charge < -0.3 is 24.2 Å². The summed E-state index contributed by atoms with van der Waals surface area (Å²) in [5.74, 6) is 1.29. The van der Waals surface area contributed by atoms with Gasteiger partial charge in [-0.1, -0.05) is 31.1 Å². The van der Waals surface area contributed by atoms with Crippen LogP contribution in [0, 0.1) is 5.82 Å². The molecule has 1 aliphatic rings. The van der Waals surface area contributed by atoms with Crippen molar-refractivity contribution in [2.45, 2.75) is 57.7 Å². The largest absolute Gasteiger partial charge is 0.481 e. The number of rotatable bonds is 11. The monoisotopic (exact) mass is 536 g/mol. The standard InChI is InChI=1S/C27H29FN6O5/c1-4-21(37-17-8-5-15(6-9-17)23-31-26(14(2)3)38-33-23)27-32-24(34-39-27)16-7-10-19(18(28)13-16)30-25(36)22-20(29-22)11-12-35/h5-10,13-14,20-22,29,35H,4,11-12H2,1-3H3,(H,30,36). The number of anilines is 1. The Bertz CT molecular complexity index is 1440. The second-order valence-electron chi connectivity index (χ2n) is 9.55. The van der Waals surface area contributed by atoms with Crippen molar-refractivity contribution in [1.29, 1.82) is 0 Å². The van der Waals surface area contributed by atoms with Crippen LogP contribution < -0.4 is 15.4 Å². The number of carbonyl (C=O) groups is 1. The maximum atomic E-state index is 14.7. The first-order valence-corrected chi connectivity index (χ1v) is 12.8. The van der Waals surface area contributed by atoms with Crippen LogP contribution >= 0.6 is 0 Å². The van der Waals surface area contributed by atoms with Gasteiger partial charge in [0.1, 0.15) is 17.6 Å². The summed E-state index contributed by atoms with van der Waals surface area (Å²) in [5.41, 5.74) is 1.23. The molecule has 1 aliphatic heterocycles. The number of amides is 1. The van der Waals surface area contributed by atoms with Gasteiger partial charge in [-0.15, -0.1) is 0 Å². The topological polar surface area (TPSA) is 158 Å². The van der Waals surface area contributed by atoms with Crippen LogP contribution in [0.5, 0.6) is 5.75 Å². The molecule has 3 heterocycles. The van der Waals surface area contributed by atoms with E-state index < -0.39 is 18.0 Å². The number of nitrogens with one attached hydrogen (secondary N) is 2. The van der Waals surface area contributed by atoms with Crippen LogP contribution in [-0.4, -0.2) is 50.0 Å². The van der Waals surface area contributed by atoms with Crippen LogP contribution in [0.2, 0.25) is 0 Å². The average molecular weight is 537 g/mol. The quantitative estimate of drug-likeness (QED) is 0.237. The fourth-order valence-corrected chi connectivity index (χ4v) is 4.01. The number of ether oxygens (including phenoxy) is 1. The van der Waals surface area contributed by atoms with E-state index in [9.17, 15) is 9.18 Å². The lowest BCUT2D eigenvalue weighted by Gasteiger charge is -2.13. The second kappa shape index (κ2) is 11.3. The fraction of sp³-hybridized carbons (Fsp3) is 0.370. The number of hydrogen-bond acceptors (Lipinski definition) is 10. The summed E-state index contributed by atoms with van der Waals surface area (Å²) in [6.07, 6.45) is 0.501. The van der Waals surface area contributed by atoms with Crippen LogP contribution in [0.3, 0.4) is 0 Å². The van der Waals surface area contributed by atoms with Gasteiger partial charge in [0, 0.05) is 29.7 Å². The van der Waals surface area contributed by atoms with Gasteiger partial charge in [-0.2, -0.15) is 9.97 Å². The zero-order valence-corrected chi connectivity index (χ0v) is 21.7. The van der Waals surface area contributed by atoms with Crippen molar-refractivity contribution in [2.24, 2.45) is 0 Å². The minimum absolute atomic E-state index is 0.0197. The van der Waals surface area contributed by atoms with E-state index in [1.807, 2.05) is 32.9 Å². The van der Waals surface area contributed by atoms with E-state index in [1.54, 1.807) is 18.2 Å². The summed E-state index contributed by atoms with van der Waals surface area (Å²) in [5, 5.41) is 22.5. The highest BCUT2D eigenvalue weighted by Crippen LogP contribution is 2.29. The lowest BCUT2D eigenvalue weighted by molar-refractivity contribution is -0.115. The Morgan fingerprint density at radius 2 is 1.74 bits per heavy atom. The van der Waals surface area contributed by atoms with Crippen molar-refractivity contribution < 1.29 is 28.1 Å². The molecule has 204 valence electrons. The molecule has 0 bridgehead atoms. The zero-order chi connectivity index (χ0) is 27.5. The summed E-state index contributed by atoms with van der Waals surface area (Å²) >= 11 is 0. The minimum Gasteiger partial charge on any atom is -0.481 e. The van der Waals surface area contributed by atoms with Crippen molar-refractivity contribution in [3.8, 4) is 28.5 Å². The first kappa shape index (κ1) is 26.4. The Kier molecular flexibility index (Phi) is 7.66. The Balaban J connectivity index is 1.23. The van der Waals surface area contributed by atoms with Gasteiger partial charge in [0.2, 0.25) is 23.4 Å². The molecule has 3 N–H and O–H groups in total. The maximum absolute atomic E-state index is 14.7. The maximum Gasteiger partial charge on any atom is 0.268 e. The molecule has 0 radical (unpaired) electrons. The first-order valence-electron chi connectivity index (χ1n) is 12.8. The number of aromatic nitrogens is 4. The minimum atomic E-state index is -0.628. The molecular weight excluding hydrogens is 507 g/mol. The molecule has 3 atom stereocenters. The van der Waals surface area contributed by atoms with Crippen molar-refractivity contribution >= 4 is 11.6 Å². The van der Waals surface area contributed by atoms with E-state index in [2.05, 4.69) is 30.9 Å². The number of benzene rings is 2. The molecule has 1 saturated heterocycles. The molecule has 3 unspecified atom stereocenters. The molecular formula is C27H29FN6O5. The predicted molar refractivity (Wildman–Crippen MR) is 138 cm³/mol. The molecule has 0 aliphatic carbocycles. The van der Waals surface area contributed by atoms with Crippen molar-refractivity contribution in [3.05, 3.63) is 60.1 Å².